The Morgan fingerprint density at radius 3 is 2.21 bits per heavy atom. The first-order valence-corrected chi connectivity index (χ1v) is 8.50. The quantitative estimate of drug-likeness (QED) is 0.466. The molecule has 0 aliphatic rings. The molecule has 7 nitrogen and oxygen atoms in total. The van der Waals surface area contributed by atoms with Gasteiger partial charge in [0.1, 0.15) is 0 Å². The van der Waals surface area contributed by atoms with Gasteiger partial charge >= 0.3 is 0 Å². The Kier molecular flexibility index (Phi) is 5.33. The molecule has 0 heterocycles. The van der Waals surface area contributed by atoms with Crippen molar-refractivity contribution in [1.82, 2.24) is 0 Å². The van der Waals surface area contributed by atoms with Gasteiger partial charge in [-0.3, -0.25) is 14.3 Å². The number of hydrogen-bond acceptors (Lipinski definition) is 6. The van der Waals surface area contributed by atoms with Crippen LogP contribution >= 0.6 is 0 Å². The minimum absolute atomic E-state index is 0.179. The third-order valence-electron chi connectivity index (χ3n) is 3.69. The normalized spacial score (nSPS) is 14.1. The molecule has 0 fully saturated rings. The van der Waals surface area contributed by atoms with Gasteiger partial charge in [0.25, 0.3) is 15.8 Å². The second-order valence-electron chi connectivity index (χ2n) is 5.55. The Bertz CT molecular complexity index is 804. The lowest BCUT2D eigenvalue weighted by molar-refractivity contribution is -0.384. The van der Waals surface area contributed by atoms with E-state index in [0.717, 1.165) is 29.8 Å². The van der Waals surface area contributed by atoms with Gasteiger partial charge in [0, 0.05) is 17.5 Å². The van der Waals surface area contributed by atoms with Gasteiger partial charge in [0.2, 0.25) is 0 Å². The first-order valence-electron chi connectivity index (χ1n) is 7.09. The Hall–Kier alpha value is -2.29. The SMILES string of the molecule is C[C@@](CO)(COS(=O)(=O)c1ccc([N+](=O)[O-])cc1)c1ccccc1. The molecule has 0 spiro atoms. The second kappa shape index (κ2) is 7.08. The molecule has 0 saturated heterocycles. The van der Waals surface area contributed by atoms with E-state index in [1.165, 1.54) is 0 Å². The highest BCUT2D eigenvalue weighted by atomic mass is 32.2. The molecule has 1 N–H and O–H groups in total. The number of aliphatic hydroxyl groups excluding tert-OH is 1. The zero-order valence-corrected chi connectivity index (χ0v) is 13.8. The first-order chi connectivity index (χ1) is 11.3. The van der Waals surface area contributed by atoms with E-state index >= 15 is 0 Å². The van der Waals surface area contributed by atoms with Gasteiger partial charge in [-0.2, -0.15) is 8.42 Å². The lowest BCUT2D eigenvalue weighted by Gasteiger charge is -2.27. The highest BCUT2D eigenvalue weighted by Gasteiger charge is 2.29. The number of rotatable bonds is 7. The maximum absolute atomic E-state index is 12.2. The molecular formula is C16H17NO6S. The van der Waals surface area contributed by atoms with Gasteiger partial charge in [0.15, 0.2) is 0 Å². The molecule has 0 aliphatic heterocycles. The predicted molar refractivity (Wildman–Crippen MR) is 87.1 cm³/mol. The summed E-state index contributed by atoms with van der Waals surface area (Å²) in [6.07, 6.45) is 0. The molecule has 0 aromatic heterocycles. The summed E-state index contributed by atoms with van der Waals surface area (Å²) >= 11 is 0. The molecule has 0 amide bonds. The van der Waals surface area contributed by atoms with Gasteiger partial charge in [0.05, 0.1) is 23.0 Å². The van der Waals surface area contributed by atoms with Crippen molar-refractivity contribution in [3.63, 3.8) is 0 Å². The van der Waals surface area contributed by atoms with Crippen molar-refractivity contribution < 1.29 is 22.6 Å². The molecule has 128 valence electrons. The monoisotopic (exact) mass is 351 g/mol. The number of hydrogen-bond donors (Lipinski definition) is 1. The molecule has 0 radical (unpaired) electrons. The van der Waals surface area contributed by atoms with Crippen LogP contribution in [0.5, 0.6) is 0 Å². The summed E-state index contributed by atoms with van der Waals surface area (Å²) in [4.78, 5) is 9.82. The van der Waals surface area contributed by atoms with E-state index in [-0.39, 0.29) is 23.8 Å². The third kappa shape index (κ3) is 3.97. The van der Waals surface area contributed by atoms with Gasteiger partial charge < -0.3 is 5.11 Å². The summed E-state index contributed by atoms with van der Waals surface area (Å²) in [6, 6.07) is 13.4. The van der Waals surface area contributed by atoms with Crippen molar-refractivity contribution >= 4 is 15.8 Å². The molecule has 0 unspecified atom stereocenters. The topological polar surface area (TPSA) is 107 Å². The molecule has 2 aromatic rings. The fraction of sp³-hybridized carbons (Fsp3) is 0.250. The van der Waals surface area contributed by atoms with Gasteiger partial charge in [-0.15, -0.1) is 0 Å². The van der Waals surface area contributed by atoms with Crippen LogP contribution in [0.4, 0.5) is 5.69 Å². The van der Waals surface area contributed by atoms with Crippen LogP contribution in [0.25, 0.3) is 0 Å². The van der Waals surface area contributed by atoms with E-state index in [2.05, 4.69) is 0 Å². The smallest absolute Gasteiger partial charge is 0.297 e. The van der Waals surface area contributed by atoms with Crippen LogP contribution in [0.2, 0.25) is 0 Å². The molecule has 2 aromatic carbocycles. The molecule has 0 aliphatic carbocycles. The van der Waals surface area contributed by atoms with Crippen molar-refractivity contribution in [1.29, 1.82) is 0 Å². The van der Waals surface area contributed by atoms with Crippen LogP contribution in [0, 0.1) is 10.1 Å². The fourth-order valence-corrected chi connectivity index (χ4v) is 3.09. The highest BCUT2D eigenvalue weighted by molar-refractivity contribution is 7.86. The van der Waals surface area contributed by atoms with Crippen LogP contribution in [0.1, 0.15) is 12.5 Å². The van der Waals surface area contributed by atoms with E-state index in [1.54, 1.807) is 31.2 Å². The molecule has 2 rings (SSSR count). The van der Waals surface area contributed by atoms with Crippen molar-refractivity contribution in [2.75, 3.05) is 13.2 Å². The lowest BCUT2D eigenvalue weighted by atomic mass is 9.84. The minimum Gasteiger partial charge on any atom is -0.395 e. The second-order valence-corrected chi connectivity index (χ2v) is 7.17. The van der Waals surface area contributed by atoms with Crippen LogP contribution < -0.4 is 0 Å². The predicted octanol–water partition coefficient (Wildman–Crippen LogP) is 2.25. The standard InChI is InChI=1S/C16H17NO6S/c1-16(11-18,13-5-3-2-4-6-13)12-23-24(21,22)15-9-7-14(8-10-15)17(19)20/h2-10,18H,11-12H2,1H3/t16-/m1/s1. The van der Waals surface area contributed by atoms with Gasteiger partial charge in [-0.05, 0) is 17.7 Å². The number of nitrogens with zero attached hydrogens (tertiary/aromatic N) is 1. The maximum Gasteiger partial charge on any atom is 0.297 e. The van der Waals surface area contributed by atoms with Crippen molar-refractivity contribution in [3.8, 4) is 0 Å². The van der Waals surface area contributed by atoms with E-state index in [4.69, 9.17) is 4.18 Å². The van der Waals surface area contributed by atoms with E-state index in [1.807, 2.05) is 6.07 Å². The Balaban J connectivity index is 2.18. The van der Waals surface area contributed by atoms with E-state index < -0.39 is 20.5 Å². The lowest BCUT2D eigenvalue weighted by Crippen LogP contribution is -2.33. The Morgan fingerprint density at radius 1 is 1.12 bits per heavy atom. The molecule has 24 heavy (non-hydrogen) atoms. The summed E-state index contributed by atoms with van der Waals surface area (Å²) < 4.78 is 29.5. The first kappa shape index (κ1) is 18.1. The van der Waals surface area contributed by atoms with Crippen molar-refractivity contribution in [3.05, 3.63) is 70.3 Å². The van der Waals surface area contributed by atoms with Crippen molar-refractivity contribution in [2.24, 2.45) is 0 Å². The largest absolute Gasteiger partial charge is 0.395 e. The average molecular weight is 351 g/mol. The molecule has 1 atom stereocenters. The van der Waals surface area contributed by atoms with Crippen LogP contribution in [0.15, 0.2) is 59.5 Å². The summed E-state index contributed by atoms with van der Waals surface area (Å²) in [5.74, 6) is 0. The number of non-ortho nitro benzene ring substituents is 1. The number of nitro groups is 1. The summed E-state index contributed by atoms with van der Waals surface area (Å²) in [6.45, 7) is 1.13. The van der Waals surface area contributed by atoms with Crippen molar-refractivity contribution in [2.45, 2.75) is 17.2 Å². The number of aliphatic hydroxyl groups is 1. The summed E-state index contributed by atoms with van der Waals surface area (Å²) in [7, 11) is -4.09. The molecule has 0 bridgehead atoms. The van der Waals surface area contributed by atoms with E-state index in [9.17, 15) is 23.6 Å². The Morgan fingerprint density at radius 2 is 1.71 bits per heavy atom. The van der Waals surface area contributed by atoms with Crippen LogP contribution in [-0.4, -0.2) is 31.7 Å². The third-order valence-corrected chi connectivity index (χ3v) is 4.97. The molecule has 8 heteroatoms. The Labute approximate surface area is 139 Å². The zero-order valence-electron chi connectivity index (χ0n) is 13.0. The van der Waals surface area contributed by atoms with Gasteiger partial charge in [-0.1, -0.05) is 37.3 Å². The van der Waals surface area contributed by atoms with Crippen LogP contribution in [-0.2, 0) is 19.7 Å². The summed E-state index contributed by atoms with van der Waals surface area (Å²) in [5, 5.41) is 20.3. The summed E-state index contributed by atoms with van der Waals surface area (Å²) in [5.41, 5.74) is -0.361. The fourth-order valence-electron chi connectivity index (χ4n) is 2.07. The minimum atomic E-state index is -4.09. The number of benzene rings is 2. The highest BCUT2D eigenvalue weighted by Crippen LogP contribution is 2.26. The van der Waals surface area contributed by atoms with Gasteiger partial charge in [-0.25, -0.2) is 0 Å². The van der Waals surface area contributed by atoms with Crippen LogP contribution in [0.3, 0.4) is 0 Å². The molecular weight excluding hydrogens is 334 g/mol. The molecule has 0 saturated carbocycles. The average Bonchev–Trinajstić information content (AvgIpc) is 2.60. The van der Waals surface area contributed by atoms with E-state index in [0.29, 0.717) is 0 Å². The zero-order chi connectivity index (χ0) is 17.8. The maximum atomic E-state index is 12.2. The number of nitro benzene ring substituents is 1.